The lowest BCUT2D eigenvalue weighted by Gasteiger charge is -2.28. The van der Waals surface area contributed by atoms with E-state index in [0.29, 0.717) is 17.0 Å². The van der Waals surface area contributed by atoms with E-state index in [0.717, 1.165) is 4.90 Å². The molecule has 1 fully saturated rings. The van der Waals surface area contributed by atoms with Crippen molar-refractivity contribution in [2.24, 2.45) is 0 Å². The van der Waals surface area contributed by atoms with Crippen LogP contribution in [0.25, 0.3) is 0 Å². The average molecular weight is 432 g/mol. The predicted molar refractivity (Wildman–Crippen MR) is 116 cm³/mol. The molecule has 0 aliphatic carbocycles. The van der Waals surface area contributed by atoms with Gasteiger partial charge in [-0.15, -0.1) is 0 Å². The van der Waals surface area contributed by atoms with Gasteiger partial charge in [0.1, 0.15) is 17.6 Å². The van der Waals surface area contributed by atoms with E-state index in [4.69, 9.17) is 4.74 Å². The highest BCUT2D eigenvalue weighted by Gasteiger charge is 2.44. The van der Waals surface area contributed by atoms with Crippen molar-refractivity contribution in [2.75, 3.05) is 11.5 Å². The molecule has 4 rings (SSSR count). The van der Waals surface area contributed by atoms with Crippen LogP contribution >= 0.6 is 0 Å². The summed E-state index contributed by atoms with van der Waals surface area (Å²) in [6, 6.07) is 22.1. The molecule has 6 nitrogen and oxygen atoms in total. The topological polar surface area (TPSA) is 66.9 Å². The number of carbonyl (C=O) groups excluding carboxylic acids is 3. The summed E-state index contributed by atoms with van der Waals surface area (Å²) < 4.78 is 18.9. The van der Waals surface area contributed by atoms with Crippen molar-refractivity contribution in [1.29, 1.82) is 0 Å². The van der Waals surface area contributed by atoms with Gasteiger partial charge < -0.3 is 9.64 Å². The number of halogens is 1. The van der Waals surface area contributed by atoms with Crippen LogP contribution in [0.2, 0.25) is 0 Å². The van der Waals surface area contributed by atoms with Crippen LogP contribution in [0.5, 0.6) is 5.75 Å². The zero-order valence-electron chi connectivity index (χ0n) is 17.2. The van der Waals surface area contributed by atoms with Gasteiger partial charge in [0.25, 0.3) is 11.8 Å². The third-order valence-corrected chi connectivity index (χ3v) is 5.21. The molecule has 0 radical (unpaired) electrons. The molecule has 1 saturated heterocycles. The number of rotatable bonds is 7. The van der Waals surface area contributed by atoms with Gasteiger partial charge in [-0.25, -0.2) is 9.29 Å². The van der Waals surface area contributed by atoms with Crippen LogP contribution in [0.4, 0.5) is 10.1 Å². The first-order valence-electron chi connectivity index (χ1n) is 10.2. The van der Waals surface area contributed by atoms with Crippen LogP contribution in [0, 0.1) is 5.82 Å². The number of anilines is 1. The van der Waals surface area contributed by atoms with Gasteiger partial charge in [0.2, 0.25) is 5.91 Å². The molecule has 1 unspecified atom stereocenters. The normalized spacial score (nSPS) is 15.7. The van der Waals surface area contributed by atoms with Crippen molar-refractivity contribution < 1.29 is 23.5 Å². The second kappa shape index (κ2) is 9.43. The molecule has 1 heterocycles. The van der Waals surface area contributed by atoms with Crippen molar-refractivity contribution in [1.82, 2.24) is 4.90 Å². The number of ether oxygens (including phenoxy) is 1. The molecule has 3 aromatic carbocycles. The third-order valence-electron chi connectivity index (χ3n) is 5.21. The number of para-hydroxylation sites is 2. The first-order chi connectivity index (χ1) is 15.5. The molecule has 7 heteroatoms. The van der Waals surface area contributed by atoms with Crippen LogP contribution in [-0.4, -0.2) is 35.3 Å². The second-order valence-electron chi connectivity index (χ2n) is 7.37. The van der Waals surface area contributed by atoms with Crippen LogP contribution in [-0.2, 0) is 20.9 Å². The van der Waals surface area contributed by atoms with Gasteiger partial charge in [0, 0.05) is 6.54 Å². The largest absolute Gasteiger partial charge is 0.484 e. The molecule has 1 atom stereocenters. The van der Waals surface area contributed by atoms with Crippen molar-refractivity contribution in [3.05, 3.63) is 96.3 Å². The van der Waals surface area contributed by atoms with Gasteiger partial charge in [0.05, 0.1) is 12.1 Å². The molecule has 0 spiro atoms. The van der Waals surface area contributed by atoms with E-state index in [2.05, 4.69) is 0 Å². The summed E-state index contributed by atoms with van der Waals surface area (Å²) in [5.74, 6) is -1.19. The molecule has 3 amide bonds. The summed E-state index contributed by atoms with van der Waals surface area (Å²) in [6.45, 7) is -0.252. The first kappa shape index (κ1) is 21.2. The number of nitrogens with zero attached hydrogens (tertiary/aromatic N) is 2. The Morgan fingerprint density at radius 2 is 1.56 bits per heavy atom. The fraction of sp³-hybridized carbons (Fsp3) is 0.160. The van der Waals surface area contributed by atoms with Gasteiger partial charge in [-0.3, -0.25) is 14.4 Å². The molecule has 0 aromatic heterocycles. The molecule has 32 heavy (non-hydrogen) atoms. The molecule has 0 saturated carbocycles. The summed E-state index contributed by atoms with van der Waals surface area (Å²) >= 11 is 0. The van der Waals surface area contributed by atoms with E-state index in [-0.39, 0.29) is 25.5 Å². The number of imide groups is 1. The number of benzene rings is 3. The van der Waals surface area contributed by atoms with E-state index in [1.165, 1.54) is 17.0 Å². The minimum atomic E-state index is -0.973. The number of amides is 3. The van der Waals surface area contributed by atoms with Gasteiger partial charge in [0.15, 0.2) is 6.61 Å². The quantitative estimate of drug-likeness (QED) is 0.536. The highest BCUT2D eigenvalue weighted by atomic mass is 19.1. The molecular weight excluding hydrogens is 411 g/mol. The summed E-state index contributed by atoms with van der Waals surface area (Å²) in [6.07, 6.45) is -0.133. The van der Waals surface area contributed by atoms with E-state index in [9.17, 15) is 18.8 Å². The molecule has 0 N–H and O–H groups in total. The number of carbonyl (C=O) groups is 3. The Labute approximate surface area is 184 Å². The molecule has 1 aliphatic rings. The highest BCUT2D eigenvalue weighted by molar-refractivity contribution is 6.23. The summed E-state index contributed by atoms with van der Waals surface area (Å²) in [5, 5.41) is 0. The molecule has 3 aromatic rings. The highest BCUT2D eigenvalue weighted by Crippen LogP contribution is 2.27. The van der Waals surface area contributed by atoms with Crippen molar-refractivity contribution in [2.45, 2.75) is 19.0 Å². The Balaban J connectivity index is 1.58. The standard InChI is InChI=1S/C25H21FN2O4/c26-19-13-11-18(12-14-19)16-27(24(30)17-32-21-9-5-2-6-10-21)22-15-23(29)28(25(22)31)20-7-3-1-4-8-20/h1-14,22H,15-17H2. The maximum Gasteiger partial charge on any atom is 0.261 e. The zero-order valence-corrected chi connectivity index (χ0v) is 17.2. The van der Waals surface area contributed by atoms with Gasteiger partial charge >= 0.3 is 0 Å². The van der Waals surface area contributed by atoms with Crippen molar-refractivity contribution >= 4 is 23.4 Å². The van der Waals surface area contributed by atoms with E-state index < -0.39 is 23.7 Å². The molecular formula is C25H21FN2O4. The van der Waals surface area contributed by atoms with E-state index in [1.54, 1.807) is 66.7 Å². The minimum Gasteiger partial charge on any atom is -0.484 e. The SMILES string of the molecule is O=C1CC(N(Cc2ccc(F)cc2)C(=O)COc2ccccc2)C(=O)N1c1ccccc1. The maximum absolute atomic E-state index is 13.3. The number of hydrogen-bond acceptors (Lipinski definition) is 4. The Morgan fingerprint density at radius 1 is 0.938 bits per heavy atom. The Bertz CT molecular complexity index is 1100. The Kier molecular flexibility index (Phi) is 6.26. The minimum absolute atomic E-state index is 0.0452. The lowest BCUT2D eigenvalue weighted by Crippen LogP contribution is -2.46. The van der Waals surface area contributed by atoms with E-state index >= 15 is 0 Å². The summed E-state index contributed by atoms with van der Waals surface area (Å²) in [7, 11) is 0. The first-order valence-corrected chi connectivity index (χ1v) is 10.2. The van der Waals surface area contributed by atoms with Gasteiger partial charge in [-0.05, 0) is 42.0 Å². The maximum atomic E-state index is 13.3. The van der Waals surface area contributed by atoms with Gasteiger partial charge in [-0.1, -0.05) is 48.5 Å². The fourth-order valence-corrected chi connectivity index (χ4v) is 3.61. The van der Waals surface area contributed by atoms with Crippen LogP contribution in [0.1, 0.15) is 12.0 Å². The lowest BCUT2D eigenvalue weighted by atomic mass is 10.1. The predicted octanol–water partition coefficient (Wildman–Crippen LogP) is 3.57. The molecule has 1 aliphatic heterocycles. The van der Waals surface area contributed by atoms with Crippen molar-refractivity contribution in [3.63, 3.8) is 0 Å². The molecule has 162 valence electrons. The zero-order chi connectivity index (χ0) is 22.5. The lowest BCUT2D eigenvalue weighted by molar-refractivity contribution is -0.140. The van der Waals surface area contributed by atoms with Crippen LogP contribution in [0.3, 0.4) is 0 Å². The van der Waals surface area contributed by atoms with Crippen molar-refractivity contribution in [3.8, 4) is 5.75 Å². The fourth-order valence-electron chi connectivity index (χ4n) is 3.61. The second-order valence-corrected chi connectivity index (χ2v) is 7.37. The van der Waals surface area contributed by atoms with Crippen LogP contribution in [0.15, 0.2) is 84.9 Å². The summed E-state index contributed by atoms with van der Waals surface area (Å²) in [4.78, 5) is 41.4. The summed E-state index contributed by atoms with van der Waals surface area (Å²) in [5.41, 5.74) is 1.09. The van der Waals surface area contributed by atoms with Gasteiger partial charge in [-0.2, -0.15) is 0 Å². The number of hydrogen-bond donors (Lipinski definition) is 0. The smallest absolute Gasteiger partial charge is 0.261 e. The third kappa shape index (κ3) is 4.67. The average Bonchev–Trinajstić information content (AvgIpc) is 3.11. The Hall–Kier alpha value is -4.00. The molecule has 0 bridgehead atoms. The Morgan fingerprint density at radius 3 is 2.22 bits per heavy atom. The van der Waals surface area contributed by atoms with Crippen LogP contribution < -0.4 is 9.64 Å². The monoisotopic (exact) mass is 432 g/mol. The van der Waals surface area contributed by atoms with E-state index in [1.807, 2.05) is 6.07 Å².